The molecule has 6 heteroatoms. The van der Waals surface area contributed by atoms with Crippen LogP contribution in [0.5, 0.6) is 0 Å². The molecule has 3 nitrogen and oxygen atoms in total. The van der Waals surface area contributed by atoms with Crippen molar-refractivity contribution in [1.29, 1.82) is 0 Å². The zero-order valence-corrected chi connectivity index (χ0v) is 10.2. The maximum absolute atomic E-state index is 5.19. The Balaban J connectivity index is 2.53. The van der Waals surface area contributed by atoms with E-state index in [4.69, 9.17) is 13.0 Å². The van der Waals surface area contributed by atoms with Crippen LogP contribution >= 0.6 is 0 Å². The van der Waals surface area contributed by atoms with Crippen molar-refractivity contribution in [3.63, 3.8) is 0 Å². The molecule has 0 spiro atoms. The van der Waals surface area contributed by atoms with Crippen LogP contribution in [-0.4, -0.2) is 43.6 Å². The third-order valence-electron chi connectivity index (χ3n) is 0.633. The smallest absolute Gasteiger partial charge is 0.282 e. The van der Waals surface area contributed by atoms with Crippen LogP contribution < -0.4 is 0 Å². The Morgan fingerprint density at radius 2 is 2.38 bits per heavy atom. The Morgan fingerprint density at radius 1 is 1.62 bits per heavy atom. The molecule has 0 saturated heterocycles. The highest BCUT2D eigenvalue weighted by Gasteiger charge is 1.84. The minimum Gasteiger partial charge on any atom is -0.449 e. The number of rotatable bonds is 5. The molecule has 0 rings (SSSR count). The maximum Gasteiger partial charge on any atom is 0.282 e. The highest BCUT2D eigenvalue weighted by Crippen LogP contribution is 1.67. The van der Waals surface area contributed by atoms with Crippen molar-refractivity contribution in [2.45, 2.75) is 0 Å². The van der Waals surface area contributed by atoms with Crippen LogP contribution in [0.15, 0.2) is 0 Å². The second-order valence-electron chi connectivity index (χ2n) is 1.31. The maximum atomic E-state index is 5.19. The average Bonchev–Trinajstić information content (AvgIpc) is 1.81. The summed E-state index contributed by atoms with van der Waals surface area (Å²) in [5.74, 6) is 0. The lowest BCUT2D eigenvalue weighted by molar-refractivity contribution is 0.242. The molecule has 0 N–H and O–H groups in total. The molecule has 0 aliphatic heterocycles. The lowest BCUT2D eigenvalue weighted by Crippen LogP contribution is -2.11. The molecule has 50 valence electrons. The summed E-state index contributed by atoms with van der Waals surface area (Å²) in [4.78, 5) is 0. The van der Waals surface area contributed by atoms with Crippen molar-refractivity contribution in [3.8, 4) is 0 Å². The fourth-order valence-corrected chi connectivity index (χ4v) is 3.56. The first kappa shape index (κ1) is 8.53. The predicted molar refractivity (Wildman–Crippen MR) is 41.1 cm³/mol. The SMILES string of the molecule is COC[SiH2]O[SiH2]O[SiH3]. The lowest BCUT2D eigenvalue weighted by Gasteiger charge is -1.98. The van der Waals surface area contributed by atoms with Gasteiger partial charge < -0.3 is 13.0 Å². The van der Waals surface area contributed by atoms with Gasteiger partial charge in [-0.1, -0.05) is 0 Å². The van der Waals surface area contributed by atoms with Gasteiger partial charge in [0.25, 0.3) is 10.0 Å². The summed E-state index contributed by atoms with van der Waals surface area (Å²) in [6.45, 7) is 0. The van der Waals surface area contributed by atoms with Gasteiger partial charge in [-0.2, -0.15) is 0 Å². The number of methoxy groups -OCH3 is 1. The van der Waals surface area contributed by atoms with Crippen LogP contribution in [0.4, 0.5) is 0 Å². The largest absolute Gasteiger partial charge is 0.449 e. The molecular weight excluding hydrogens is 156 g/mol. The fourth-order valence-electron chi connectivity index (χ4n) is 0.285. The summed E-state index contributed by atoms with van der Waals surface area (Å²) in [6, 6.07) is 0. The molecule has 0 fully saturated rings. The highest BCUT2D eigenvalue weighted by atomic mass is 28.3. The molecule has 0 aromatic carbocycles. The van der Waals surface area contributed by atoms with E-state index in [0.717, 1.165) is 16.7 Å². The van der Waals surface area contributed by atoms with Crippen molar-refractivity contribution >= 4 is 30.3 Å². The molecule has 0 saturated carbocycles. The van der Waals surface area contributed by atoms with Crippen molar-refractivity contribution < 1.29 is 13.0 Å². The van der Waals surface area contributed by atoms with Crippen LogP contribution in [0.3, 0.4) is 0 Å². The molecular formula is C2H12O3Si3. The van der Waals surface area contributed by atoms with E-state index in [0.29, 0.717) is 0 Å². The van der Waals surface area contributed by atoms with Crippen molar-refractivity contribution in [2.75, 3.05) is 13.3 Å². The Kier molecular flexibility index (Phi) is 8.03. The third-order valence-corrected chi connectivity index (χ3v) is 3.97. The van der Waals surface area contributed by atoms with E-state index in [-0.39, 0.29) is 9.76 Å². The molecule has 0 heterocycles. The quantitative estimate of drug-likeness (QED) is 0.323. The van der Waals surface area contributed by atoms with Gasteiger partial charge in [-0.15, -0.1) is 0 Å². The van der Waals surface area contributed by atoms with E-state index in [9.17, 15) is 0 Å². The van der Waals surface area contributed by atoms with Gasteiger partial charge in [0.15, 0.2) is 9.76 Å². The zero-order valence-electron chi connectivity index (χ0n) is 5.35. The molecule has 0 aliphatic rings. The third kappa shape index (κ3) is 6.53. The van der Waals surface area contributed by atoms with Crippen LogP contribution in [0.25, 0.3) is 0 Å². The van der Waals surface area contributed by atoms with Gasteiger partial charge in [0.1, 0.15) is 10.5 Å². The molecule has 0 amide bonds. The normalized spacial score (nSPS) is 13.1. The number of hydrogen-bond donors (Lipinski definition) is 0. The Morgan fingerprint density at radius 3 is 2.88 bits per heavy atom. The summed E-state index contributed by atoms with van der Waals surface area (Å²) in [5.41, 5.74) is 0. The molecule has 0 aromatic heterocycles. The topological polar surface area (TPSA) is 27.7 Å². The number of ether oxygens (including phenoxy) is 1. The zero-order chi connectivity index (χ0) is 6.24. The Hall–Kier alpha value is 0.531. The van der Waals surface area contributed by atoms with Crippen LogP contribution in [0.2, 0.25) is 0 Å². The van der Waals surface area contributed by atoms with Gasteiger partial charge in [-0.3, -0.25) is 0 Å². The van der Waals surface area contributed by atoms with Crippen LogP contribution in [-0.2, 0) is 13.0 Å². The molecule has 0 aliphatic carbocycles. The van der Waals surface area contributed by atoms with E-state index < -0.39 is 10.0 Å². The molecule has 8 heavy (non-hydrogen) atoms. The van der Waals surface area contributed by atoms with Crippen LogP contribution in [0.1, 0.15) is 0 Å². The van der Waals surface area contributed by atoms with Gasteiger partial charge in [-0.05, 0) is 0 Å². The second-order valence-corrected chi connectivity index (χ2v) is 6.30. The first-order valence-electron chi connectivity index (χ1n) is 2.47. The number of hydrogen-bond acceptors (Lipinski definition) is 3. The van der Waals surface area contributed by atoms with E-state index in [2.05, 4.69) is 0 Å². The molecule has 0 radical (unpaired) electrons. The van der Waals surface area contributed by atoms with Crippen molar-refractivity contribution in [1.82, 2.24) is 0 Å². The first-order chi connectivity index (χ1) is 3.91. The molecule has 0 atom stereocenters. The van der Waals surface area contributed by atoms with E-state index in [1.54, 1.807) is 7.11 Å². The molecule has 0 bridgehead atoms. The average molecular weight is 168 g/mol. The summed E-state index contributed by atoms with van der Waals surface area (Å²) in [7, 11) is 1.60. The predicted octanol–water partition coefficient (Wildman–Crippen LogP) is -3.01. The van der Waals surface area contributed by atoms with Gasteiger partial charge in [0, 0.05) is 7.11 Å². The summed E-state index contributed by atoms with van der Waals surface area (Å²) in [6.07, 6.45) is 0.817. The second kappa shape index (κ2) is 7.53. The van der Waals surface area contributed by atoms with Crippen LogP contribution in [0, 0.1) is 0 Å². The van der Waals surface area contributed by atoms with Crippen molar-refractivity contribution in [3.05, 3.63) is 0 Å². The van der Waals surface area contributed by atoms with Crippen molar-refractivity contribution in [2.24, 2.45) is 0 Å². The first-order valence-corrected chi connectivity index (χ1v) is 6.02. The summed E-state index contributed by atoms with van der Waals surface area (Å²) in [5, 5.41) is 0. The standard InChI is InChI=1S/C2H12O3Si3/c1-3-2-7-5-8-4-6/h2,7-8H2,1,6H3. The van der Waals surface area contributed by atoms with E-state index in [1.165, 1.54) is 0 Å². The van der Waals surface area contributed by atoms with Gasteiger partial charge in [0.05, 0.1) is 6.23 Å². The summed E-state index contributed by atoms with van der Waals surface area (Å²) >= 11 is 0. The van der Waals surface area contributed by atoms with Gasteiger partial charge in [0.2, 0.25) is 0 Å². The fraction of sp³-hybridized carbons (Fsp3) is 1.00. The minimum atomic E-state index is -0.555. The Labute approximate surface area is 57.3 Å². The van der Waals surface area contributed by atoms with Gasteiger partial charge >= 0.3 is 0 Å². The summed E-state index contributed by atoms with van der Waals surface area (Å²) < 4.78 is 14.9. The monoisotopic (exact) mass is 168 g/mol. The van der Waals surface area contributed by atoms with Gasteiger partial charge in [-0.25, -0.2) is 0 Å². The lowest BCUT2D eigenvalue weighted by atomic mass is 11.5. The molecule has 0 unspecified atom stereocenters. The van der Waals surface area contributed by atoms with E-state index in [1.807, 2.05) is 0 Å². The highest BCUT2D eigenvalue weighted by molar-refractivity contribution is 6.41. The van der Waals surface area contributed by atoms with E-state index >= 15 is 0 Å². The molecule has 0 aromatic rings. The minimum absolute atomic E-state index is 0.363. The Bertz CT molecular complexity index is 37.5.